The van der Waals surface area contributed by atoms with E-state index in [1.165, 1.54) is 35.6 Å². The quantitative estimate of drug-likeness (QED) is 0.929. The zero-order chi connectivity index (χ0) is 13.2. The first-order valence-corrected chi connectivity index (χ1v) is 7.80. The van der Waals surface area contributed by atoms with Gasteiger partial charge in [-0.25, -0.2) is 12.8 Å². The number of thiophene rings is 1. The third-order valence-electron chi connectivity index (χ3n) is 2.65. The molecule has 3 N–H and O–H groups in total. The smallest absolute Gasteiger partial charge is 0.200 e. The minimum atomic E-state index is -3.44. The lowest BCUT2D eigenvalue weighted by Crippen LogP contribution is -2.54. The summed E-state index contributed by atoms with van der Waals surface area (Å²) in [7, 11) is -3.44. The van der Waals surface area contributed by atoms with Crippen LogP contribution in [0, 0.1) is 5.82 Å². The van der Waals surface area contributed by atoms with Crippen LogP contribution in [0.15, 0.2) is 46.0 Å². The highest BCUT2D eigenvalue weighted by atomic mass is 32.2. The minimum Gasteiger partial charge on any atom is -0.356 e. The van der Waals surface area contributed by atoms with Crippen LogP contribution >= 0.6 is 11.3 Å². The van der Waals surface area contributed by atoms with Gasteiger partial charge in [-0.3, -0.25) is 0 Å². The molecule has 3 nitrogen and oxygen atoms in total. The lowest BCUT2D eigenvalue weighted by atomic mass is 10.1. The molecule has 0 bridgehead atoms. The molecule has 0 unspecified atom stereocenters. The van der Waals surface area contributed by atoms with Crippen LogP contribution in [-0.4, -0.2) is 15.0 Å². The summed E-state index contributed by atoms with van der Waals surface area (Å²) in [4.78, 5) is 0. The highest BCUT2D eigenvalue weighted by Gasteiger charge is 2.30. The van der Waals surface area contributed by atoms with Gasteiger partial charge in [0.25, 0.3) is 0 Å². The van der Waals surface area contributed by atoms with Gasteiger partial charge >= 0.3 is 0 Å². The van der Waals surface area contributed by atoms with Crippen molar-refractivity contribution in [3.05, 3.63) is 53.2 Å². The summed E-state index contributed by atoms with van der Waals surface area (Å²) in [6, 6.07) is 8.80. The SMILES string of the molecule is [NH3+]C[C@@H](c1ccc(F)cc1)S(=O)(=O)c1cccs1. The van der Waals surface area contributed by atoms with Gasteiger partial charge in [-0.15, -0.1) is 11.3 Å². The summed E-state index contributed by atoms with van der Waals surface area (Å²) < 4.78 is 38.0. The molecule has 1 heterocycles. The molecule has 1 atom stereocenters. The molecular formula is C12H13FNO2S2+. The molecule has 96 valence electrons. The zero-order valence-corrected chi connectivity index (χ0v) is 11.2. The van der Waals surface area contributed by atoms with E-state index < -0.39 is 15.1 Å². The summed E-state index contributed by atoms with van der Waals surface area (Å²) in [5, 5.41) is 0.995. The van der Waals surface area contributed by atoms with Gasteiger partial charge < -0.3 is 5.73 Å². The third kappa shape index (κ3) is 2.45. The van der Waals surface area contributed by atoms with Crippen molar-refractivity contribution >= 4 is 21.2 Å². The molecule has 0 saturated heterocycles. The van der Waals surface area contributed by atoms with Gasteiger partial charge in [-0.2, -0.15) is 0 Å². The molecule has 0 amide bonds. The van der Waals surface area contributed by atoms with Gasteiger partial charge in [0.05, 0.1) is 6.54 Å². The van der Waals surface area contributed by atoms with Crippen LogP contribution in [0.5, 0.6) is 0 Å². The molecule has 1 aromatic heterocycles. The molecule has 0 saturated carbocycles. The molecule has 18 heavy (non-hydrogen) atoms. The standard InChI is InChI=1S/C12H12FNO2S2/c13-10-5-3-9(4-6-10)11(8-14)18(15,16)12-2-1-7-17-12/h1-7,11H,8,14H2/p+1/t11-/m0/s1. The van der Waals surface area contributed by atoms with Gasteiger partial charge in [-0.1, -0.05) is 18.2 Å². The van der Waals surface area contributed by atoms with E-state index in [4.69, 9.17) is 0 Å². The van der Waals surface area contributed by atoms with Crippen molar-refractivity contribution in [2.75, 3.05) is 6.54 Å². The normalized spacial score (nSPS) is 13.4. The maximum absolute atomic E-state index is 12.9. The van der Waals surface area contributed by atoms with Crippen LogP contribution in [0.4, 0.5) is 4.39 Å². The van der Waals surface area contributed by atoms with Crippen molar-refractivity contribution in [3.8, 4) is 0 Å². The lowest BCUT2D eigenvalue weighted by molar-refractivity contribution is -0.367. The van der Waals surface area contributed by atoms with Gasteiger partial charge in [0, 0.05) is 0 Å². The second-order valence-corrected chi connectivity index (χ2v) is 7.11. The number of sulfone groups is 1. The van der Waals surface area contributed by atoms with Crippen molar-refractivity contribution in [2.24, 2.45) is 0 Å². The topological polar surface area (TPSA) is 61.8 Å². The first-order valence-electron chi connectivity index (χ1n) is 5.38. The molecule has 0 fully saturated rings. The van der Waals surface area contributed by atoms with Crippen LogP contribution in [0.1, 0.15) is 10.8 Å². The van der Waals surface area contributed by atoms with Crippen molar-refractivity contribution in [2.45, 2.75) is 9.46 Å². The zero-order valence-electron chi connectivity index (χ0n) is 9.54. The number of halogens is 1. The number of benzene rings is 1. The Balaban J connectivity index is 2.43. The molecule has 2 aromatic rings. The molecule has 0 aliphatic carbocycles. The van der Waals surface area contributed by atoms with Crippen molar-refractivity contribution < 1.29 is 18.5 Å². The van der Waals surface area contributed by atoms with Gasteiger partial charge in [0.2, 0.25) is 0 Å². The maximum Gasteiger partial charge on any atom is 0.200 e. The van der Waals surface area contributed by atoms with E-state index in [2.05, 4.69) is 5.73 Å². The van der Waals surface area contributed by atoms with E-state index in [-0.39, 0.29) is 12.4 Å². The lowest BCUT2D eigenvalue weighted by Gasteiger charge is -2.13. The average molecular weight is 286 g/mol. The summed E-state index contributed by atoms with van der Waals surface area (Å²) >= 11 is 1.18. The van der Waals surface area contributed by atoms with Crippen molar-refractivity contribution in [1.82, 2.24) is 0 Å². The highest BCUT2D eigenvalue weighted by Crippen LogP contribution is 2.30. The van der Waals surface area contributed by atoms with Crippen LogP contribution in [0.3, 0.4) is 0 Å². The monoisotopic (exact) mass is 286 g/mol. The molecule has 0 aliphatic rings. The fraction of sp³-hybridized carbons (Fsp3) is 0.167. The first kappa shape index (κ1) is 13.2. The molecule has 0 spiro atoms. The highest BCUT2D eigenvalue weighted by molar-refractivity contribution is 7.93. The third-order valence-corrected chi connectivity index (χ3v) is 6.26. The molecule has 6 heteroatoms. The largest absolute Gasteiger partial charge is 0.356 e. The van der Waals surface area contributed by atoms with E-state index in [1.807, 2.05) is 0 Å². The number of quaternary nitrogens is 1. The Morgan fingerprint density at radius 2 is 1.89 bits per heavy atom. The van der Waals surface area contributed by atoms with Crippen molar-refractivity contribution in [3.63, 3.8) is 0 Å². The van der Waals surface area contributed by atoms with E-state index in [0.29, 0.717) is 9.77 Å². The molecular weight excluding hydrogens is 273 g/mol. The fourth-order valence-electron chi connectivity index (χ4n) is 1.74. The summed E-state index contributed by atoms with van der Waals surface area (Å²) in [5.74, 6) is -0.380. The number of rotatable bonds is 4. The number of hydrogen-bond donors (Lipinski definition) is 1. The second kappa shape index (κ2) is 5.17. The molecule has 2 rings (SSSR count). The predicted molar refractivity (Wildman–Crippen MR) is 68.4 cm³/mol. The summed E-state index contributed by atoms with van der Waals surface area (Å²) in [5.41, 5.74) is 4.26. The Morgan fingerprint density at radius 1 is 1.22 bits per heavy atom. The molecule has 1 aromatic carbocycles. The van der Waals surface area contributed by atoms with Gasteiger partial charge in [-0.05, 0) is 29.1 Å². The van der Waals surface area contributed by atoms with Crippen molar-refractivity contribution in [1.29, 1.82) is 0 Å². The minimum absolute atomic E-state index is 0.214. The Bertz CT molecular complexity index is 606. The average Bonchev–Trinajstić information content (AvgIpc) is 2.86. The molecule has 0 aliphatic heterocycles. The van der Waals surface area contributed by atoms with Gasteiger partial charge in [0.1, 0.15) is 15.3 Å². The van der Waals surface area contributed by atoms with Crippen LogP contribution < -0.4 is 5.73 Å². The van der Waals surface area contributed by atoms with E-state index >= 15 is 0 Å². The second-order valence-electron chi connectivity index (χ2n) is 3.81. The first-order chi connectivity index (χ1) is 8.55. The Morgan fingerprint density at radius 3 is 2.39 bits per heavy atom. The van der Waals surface area contributed by atoms with Gasteiger partial charge in [0.15, 0.2) is 9.84 Å². The van der Waals surface area contributed by atoms with Crippen LogP contribution in [-0.2, 0) is 9.84 Å². The van der Waals surface area contributed by atoms with E-state index in [9.17, 15) is 12.8 Å². The Labute approximate surface area is 109 Å². The maximum atomic E-state index is 12.9. The molecule has 0 radical (unpaired) electrons. The summed E-state index contributed by atoms with van der Waals surface area (Å²) in [6.07, 6.45) is 0. The van der Waals surface area contributed by atoms with Crippen LogP contribution in [0.2, 0.25) is 0 Å². The Hall–Kier alpha value is -1.24. The fourth-order valence-corrected chi connectivity index (χ4v) is 4.62. The predicted octanol–water partition coefficient (Wildman–Crippen LogP) is 1.64. The van der Waals surface area contributed by atoms with E-state index in [1.54, 1.807) is 17.5 Å². The van der Waals surface area contributed by atoms with Crippen LogP contribution in [0.25, 0.3) is 0 Å². The van der Waals surface area contributed by atoms with E-state index in [0.717, 1.165) is 0 Å². The summed E-state index contributed by atoms with van der Waals surface area (Å²) in [6.45, 7) is 0.214. The number of hydrogen-bond acceptors (Lipinski definition) is 3. The Kier molecular flexibility index (Phi) is 3.79.